The molecule has 0 radical (unpaired) electrons. The van der Waals surface area contributed by atoms with Gasteiger partial charge in [-0.25, -0.2) is 4.98 Å². The molecule has 1 aromatic carbocycles. The maximum absolute atomic E-state index is 5.71. The van der Waals surface area contributed by atoms with Gasteiger partial charge in [0.05, 0.1) is 25.0 Å². The number of thiazole rings is 1. The number of aryl methyl sites for hydroxylation is 1. The Labute approximate surface area is 117 Å². The van der Waals surface area contributed by atoms with Gasteiger partial charge in [-0.05, 0) is 26.0 Å². The molecular weight excluding hydrogens is 260 g/mol. The summed E-state index contributed by atoms with van der Waals surface area (Å²) in [4.78, 5) is 5.67. The zero-order valence-corrected chi connectivity index (χ0v) is 12.2. The topological polar surface area (TPSA) is 57.4 Å². The van der Waals surface area contributed by atoms with Crippen LogP contribution in [0.25, 0.3) is 10.6 Å². The molecule has 0 spiro atoms. The Balaban J connectivity index is 2.53. The van der Waals surface area contributed by atoms with Crippen LogP contribution in [-0.4, -0.2) is 18.7 Å². The highest BCUT2D eigenvalue weighted by molar-refractivity contribution is 7.15. The van der Waals surface area contributed by atoms with Gasteiger partial charge in [-0.1, -0.05) is 6.07 Å². The van der Waals surface area contributed by atoms with Crippen LogP contribution in [0, 0.1) is 6.92 Å². The molecule has 2 N–H and O–H groups in total. The van der Waals surface area contributed by atoms with Crippen molar-refractivity contribution in [3.63, 3.8) is 0 Å². The molecule has 0 aliphatic heterocycles. The van der Waals surface area contributed by atoms with Gasteiger partial charge in [0.25, 0.3) is 0 Å². The Bertz CT molecular complexity index is 567. The Morgan fingerprint density at radius 3 is 2.74 bits per heavy atom. The smallest absolute Gasteiger partial charge is 0.171 e. The van der Waals surface area contributed by atoms with E-state index < -0.39 is 0 Å². The van der Waals surface area contributed by atoms with Gasteiger partial charge < -0.3 is 15.2 Å². The van der Waals surface area contributed by atoms with E-state index in [1.165, 1.54) is 0 Å². The van der Waals surface area contributed by atoms with Crippen LogP contribution < -0.4 is 15.2 Å². The monoisotopic (exact) mass is 278 g/mol. The van der Waals surface area contributed by atoms with Gasteiger partial charge >= 0.3 is 0 Å². The first kappa shape index (κ1) is 13.8. The highest BCUT2D eigenvalue weighted by atomic mass is 32.1. The van der Waals surface area contributed by atoms with E-state index in [1.807, 2.05) is 32.0 Å². The van der Waals surface area contributed by atoms with E-state index in [2.05, 4.69) is 4.98 Å². The molecule has 102 valence electrons. The molecule has 5 heteroatoms. The lowest BCUT2D eigenvalue weighted by Gasteiger charge is -2.12. The van der Waals surface area contributed by atoms with E-state index in [1.54, 1.807) is 18.4 Å². The summed E-state index contributed by atoms with van der Waals surface area (Å²) in [6.45, 7) is 5.02. The van der Waals surface area contributed by atoms with Crippen molar-refractivity contribution in [2.75, 3.05) is 13.7 Å². The number of nitrogens with two attached hydrogens (primary N) is 1. The van der Waals surface area contributed by atoms with Crippen LogP contribution in [0.2, 0.25) is 0 Å². The number of rotatable bonds is 5. The molecule has 0 bridgehead atoms. The van der Waals surface area contributed by atoms with Crippen molar-refractivity contribution >= 4 is 11.3 Å². The molecule has 0 fully saturated rings. The maximum atomic E-state index is 5.71. The highest BCUT2D eigenvalue weighted by Gasteiger charge is 2.16. The Hall–Kier alpha value is -1.59. The van der Waals surface area contributed by atoms with Crippen molar-refractivity contribution in [2.45, 2.75) is 20.4 Å². The quantitative estimate of drug-likeness (QED) is 0.913. The number of methoxy groups -OCH3 is 1. The van der Waals surface area contributed by atoms with Crippen molar-refractivity contribution < 1.29 is 9.47 Å². The normalized spacial score (nSPS) is 10.5. The number of ether oxygens (including phenoxy) is 2. The lowest BCUT2D eigenvalue weighted by molar-refractivity contribution is 0.312. The van der Waals surface area contributed by atoms with E-state index in [0.717, 1.165) is 32.6 Å². The molecule has 0 atom stereocenters. The zero-order chi connectivity index (χ0) is 13.8. The van der Waals surface area contributed by atoms with Crippen LogP contribution >= 0.6 is 11.3 Å². The molecule has 1 aromatic heterocycles. The van der Waals surface area contributed by atoms with E-state index >= 15 is 0 Å². The van der Waals surface area contributed by atoms with Crippen molar-refractivity contribution in [2.24, 2.45) is 5.73 Å². The molecular formula is C14H18N2O2S. The molecule has 4 nitrogen and oxygen atoms in total. The molecule has 2 rings (SSSR count). The number of benzene rings is 1. The minimum atomic E-state index is 0.511. The zero-order valence-electron chi connectivity index (χ0n) is 11.4. The summed E-state index contributed by atoms with van der Waals surface area (Å²) in [5.41, 5.74) is 7.64. The molecule has 19 heavy (non-hydrogen) atoms. The highest BCUT2D eigenvalue weighted by Crippen LogP contribution is 2.40. The van der Waals surface area contributed by atoms with Gasteiger partial charge in [0, 0.05) is 11.4 Å². The van der Waals surface area contributed by atoms with Gasteiger partial charge in [0.15, 0.2) is 11.5 Å². The predicted molar refractivity (Wildman–Crippen MR) is 77.9 cm³/mol. The second-order valence-corrected chi connectivity index (χ2v) is 5.09. The Morgan fingerprint density at radius 1 is 1.37 bits per heavy atom. The lowest BCUT2D eigenvalue weighted by Crippen LogP contribution is -1.97. The van der Waals surface area contributed by atoms with Crippen LogP contribution in [0.15, 0.2) is 18.2 Å². The molecule has 2 aromatic rings. The molecule has 0 saturated heterocycles. The van der Waals surface area contributed by atoms with E-state index in [0.29, 0.717) is 13.2 Å². The molecule has 0 unspecified atom stereocenters. The van der Waals surface area contributed by atoms with Crippen molar-refractivity contribution in [1.82, 2.24) is 4.98 Å². The van der Waals surface area contributed by atoms with Crippen molar-refractivity contribution in [3.05, 3.63) is 28.8 Å². The Morgan fingerprint density at radius 2 is 2.16 bits per heavy atom. The maximum Gasteiger partial charge on any atom is 0.171 e. The van der Waals surface area contributed by atoms with E-state index in [-0.39, 0.29) is 0 Å². The fourth-order valence-electron chi connectivity index (χ4n) is 1.87. The number of hydrogen-bond acceptors (Lipinski definition) is 5. The third-order valence-corrected chi connectivity index (χ3v) is 4.01. The lowest BCUT2D eigenvalue weighted by atomic mass is 10.2. The second kappa shape index (κ2) is 6.04. The standard InChI is InChI=1S/C14H18N2O2S/c1-4-18-13-10(6-5-7-11(13)17-3)14-16-9(2)12(8-15)19-14/h5-7H,4,8,15H2,1-3H3. The number of aromatic nitrogens is 1. The summed E-state index contributed by atoms with van der Waals surface area (Å²) in [6.07, 6.45) is 0. The first-order valence-corrected chi connectivity index (χ1v) is 6.99. The molecule has 1 heterocycles. The summed E-state index contributed by atoms with van der Waals surface area (Å²) < 4.78 is 11.1. The summed E-state index contributed by atoms with van der Waals surface area (Å²) in [5.74, 6) is 1.46. The van der Waals surface area contributed by atoms with Gasteiger partial charge in [0.1, 0.15) is 5.01 Å². The minimum Gasteiger partial charge on any atom is -0.493 e. The molecule has 0 aliphatic carbocycles. The van der Waals surface area contributed by atoms with E-state index in [4.69, 9.17) is 15.2 Å². The fraction of sp³-hybridized carbons (Fsp3) is 0.357. The molecule has 0 saturated carbocycles. The minimum absolute atomic E-state index is 0.511. The number of hydrogen-bond donors (Lipinski definition) is 1. The van der Waals surface area contributed by atoms with E-state index in [9.17, 15) is 0 Å². The summed E-state index contributed by atoms with van der Waals surface area (Å²) >= 11 is 1.60. The number of nitrogens with zero attached hydrogens (tertiary/aromatic N) is 1. The average molecular weight is 278 g/mol. The summed E-state index contributed by atoms with van der Waals surface area (Å²) in [7, 11) is 1.64. The third kappa shape index (κ3) is 2.72. The average Bonchev–Trinajstić information content (AvgIpc) is 2.80. The first-order chi connectivity index (χ1) is 9.21. The summed E-state index contributed by atoms with van der Waals surface area (Å²) in [5, 5.41) is 0.917. The van der Waals surface area contributed by atoms with Crippen molar-refractivity contribution in [1.29, 1.82) is 0 Å². The fourth-order valence-corrected chi connectivity index (χ4v) is 2.83. The largest absolute Gasteiger partial charge is 0.493 e. The second-order valence-electron chi connectivity index (χ2n) is 4.00. The Kier molecular flexibility index (Phi) is 4.39. The number of para-hydroxylation sites is 1. The molecule has 0 amide bonds. The first-order valence-electron chi connectivity index (χ1n) is 6.17. The molecule has 0 aliphatic rings. The van der Waals surface area contributed by atoms with Crippen LogP contribution in [0.3, 0.4) is 0 Å². The van der Waals surface area contributed by atoms with Crippen LogP contribution in [0.5, 0.6) is 11.5 Å². The van der Waals surface area contributed by atoms with Crippen LogP contribution in [0.1, 0.15) is 17.5 Å². The van der Waals surface area contributed by atoms with Gasteiger partial charge in [0.2, 0.25) is 0 Å². The van der Waals surface area contributed by atoms with Gasteiger partial charge in [-0.15, -0.1) is 11.3 Å². The van der Waals surface area contributed by atoms with Crippen LogP contribution in [-0.2, 0) is 6.54 Å². The van der Waals surface area contributed by atoms with Crippen LogP contribution in [0.4, 0.5) is 0 Å². The SMILES string of the molecule is CCOc1c(OC)cccc1-c1nc(C)c(CN)s1. The summed E-state index contributed by atoms with van der Waals surface area (Å²) in [6, 6.07) is 5.82. The predicted octanol–water partition coefficient (Wildman–Crippen LogP) is 2.98. The van der Waals surface area contributed by atoms with Gasteiger partial charge in [-0.3, -0.25) is 0 Å². The third-order valence-electron chi connectivity index (χ3n) is 2.80. The van der Waals surface area contributed by atoms with Crippen molar-refractivity contribution in [3.8, 4) is 22.1 Å². The van der Waals surface area contributed by atoms with Gasteiger partial charge in [-0.2, -0.15) is 0 Å².